The molecule has 2 N–H and O–H groups in total. The Hall–Kier alpha value is -2.19. The van der Waals surface area contributed by atoms with Crippen molar-refractivity contribution in [1.82, 2.24) is 19.9 Å². The van der Waals surface area contributed by atoms with E-state index in [2.05, 4.69) is 10.3 Å². The van der Waals surface area contributed by atoms with Crippen LogP contribution in [0.5, 0.6) is 0 Å². The van der Waals surface area contributed by atoms with Gasteiger partial charge in [0.1, 0.15) is 35.5 Å². The summed E-state index contributed by atoms with van der Waals surface area (Å²) in [5.41, 5.74) is -0.775. The molecule has 1 aliphatic rings. The maximum absolute atomic E-state index is 13.7. The first-order valence-electron chi connectivity index (χ1n) is 10.5. The molecule has 1 fully saturated rings. The molecule has 3 rings (SSSR count). The number of benzene rings is 1. The van der Waals surface area contributed by atoms with Crippen LogP contribution >= 0.6 is 11.8 Å². The summed E-state index contributed by atoms with van der Waals surface area (Å²) < 4.78 is 53.2. The molecule has 0 radical (unpaired) electrons. The van der Waals surface area contributed by atoms with Gasteiger partial charge < -0.3 is 24.6 Å². The van der Waals surface area contributed by atoms with Crippen LogP contribution in [0.1, 0.15) is 19.9 Å². The van der Waals surface area contributed by atoms with E-state index in [4.69, 9.17) is 9.47 Å². The first-order chi connectivity index (χ1) is 16.1. The molecule has 2 aromatic rings. The zero-order chi connectivity index (χ0) is 25.2. The van der Waals surface area contributed by atoms with Crippen LogP contribution < -0.4 is 0 Å². The van der Waals surface area contributed by atoms with Crippen LogP contribution in [-0.2, 0) is 14.3 Å². The molecule has 1 amide bonds. The third-order valence-corrected chi connectivity index (χ3v) is 6.85. The van der Waals surface area contributed by atoms with Gasteiger partial charge in [-0.2, -0.15) is 0 Å². The lowest BCUT2D eigenvalue weighted by atomic mass is 9.97. The highest BCUT2D eigenvalue weighted by atomic mass is 32.2. The van der Waals surface area contributed by atoms with Gasteiger partial charge in [0.2, 0.25) is 5.91 Å². The van der Waals surface area contributed by atoms with Crippen LogP contribution in [0.25, 0.3) is 11.3 Å². The number of aromatic nitrogens is 3. The van der Waals surface area contributed by atoms with Crippen molar-refractivity contribution in [2.24, 2.45) is 0 Å². The summed E-state index contributed by atoms with van der Waals surface area (Å²) >= 11 is 1.15. The molecule has 1 saturated heterocycles. The van der Waals surface area contributed by atoms with E-state index < -0.39 is 53.8 Å². The van der Waals surface area contributed by atoms with Crippen molar-refractivity contribution in [3.05, 3.63) is 35.8 Å². The molecule has 1 aromatic heterocycles. The van der Waals surface area contributed by atoms with Gasteiger partial charge in [0.05, 0.1) is 18.6 Å². The normalized spacial score (nSPS) is 25.1. The van der Waals surface area contributed by atoms with Gasteiger partial charge in [0.15, 0.2) is 17.5 Å². The van der Waals surface area contributed by atoms with E-state index in [1.807, 2.05) is 13.8 Å². The zero-order valence-corrected chi connectivity index (χ0v) is 19.9. The number of carbonyl (C=O) groups is 1. The number of carbonyl (C=O) groups excluding carboxylic acids is 1. The van der Waals surface area contributed by atoms with E-state index >= 15 is 0 Å². The summed E-state index contributed by atoms with van der Waals surface area (Å²) in [6, 6.07) is 0.663. The SMILES string of the molecule is CO[C@@H]1[C@@H](n2cc(-c3cc(F)c(F)c(F)c3)nn2)[C@@H](O)[C@@H](CO)O[C@H]1SCC(=O)N(C)C(C)C. The number of thioether (sulfide) groups is 1. The fourth-order valence-electron chi connectivity index (χ4n) is 3.55. The fourth-order valence-corrected chi connectivity index (χ4v) is 4.74. The number of aliphatic hydroxyl groups excluding tert-OH is 2. The Balaban J connectivity index is 1.87. The Labute approximate surface area is 198 Å². The maximum Gasteiger partial charge on any atom is 0.232 e. The topological polar surface area (TPSA) is 110 Å². The molecule has 0 aliphatic carbocycles. The summed E-state index contributed by atoms with van der Waals surface area (Å²) in [6.45, 7) is 3.25. The molecule has 2 heterocycles. The maximum atomic E-state index is 13.7. The number of halogens is 3. The van der Waals surface area contributed by atoms with Gasteiger partial charge in [0.25, 0.3) is 0 Å². The second kappa shape index (κ2) is 11.0. The smallest absolute Gasteiger partial charge is 0.232 e. The predicted octanol–water partition coefficient (Wildman–Crippen LogP) is 1.60. The molecule has 1 aromatic carbocycles. The second-order valence-corrected chi connectivity index (χ2v) is 9.24. The van der Waals surface area contributed by atoms with Crippen LogP contribution in [0.3, 0.4) is 0 Å². The number of hydrogen-bond acceptors (Lipinski definition) is 8. The monoisotopic (exact) mass is 504 g/mol. The molecule has 0 spiro atoms. The third kappa shape index (κ3) is 5.38. The van der Waals surface area contributed by atoms with Gasteiger partial charge >= 0.3 is 0 Å². The van der Waals surface area contributed by atoms with Crippen molar-refractivity contribution in [2.45, 2.75) is 49.7 Å². The summed E-state index contributed by atoms with van der Waals surface area (Å²) in [6.07, 6.45) is -1.79. The molecule has 1 aliphatic heterocycles. The Morgan fingerprint density at radius 2 is 1.97 bits per heavy atom. The lowest BCUT2D eigenvalue weighted by Gasteiger charge is -2.43. The highest BCUT2D eigenvalue weighted by Gasteiger charge is 2.47. The molecule has 5 atom stereocenters. The molecule has 0 bridgehead atoms. The molecule has 9 nitrogen and oxygen atoms in total. The Kier molecular flexibility index (Phi) is 8.57. The van der Waals surface area contributed by atoms with E-state index in [-0.39, 0.29) is 29.0 Å². The summed E-state index contributed by atoms with van der Waals surface area (Å²) in [5, 5.41) is 28.4. The van der Waals surface area contributed by atoms with Gasteiger partial charge in [-0.05, 0) is 26.0 Å². The summed E-state index contributed by atoms with van der Waals surface area (Å²) in [5.74, 6) is -4.42. The largest absolute Gasteiger partial charge is 0.394 e. The first kappa shape index (κ1) is 26.4. The molecule has 0 unspecified atom stereocenters. The van der Waals surface area contributed by atoms with Crippen molar-refractivity contribution < 1.29 is 37.7 Å². The number of hydrogen-bond donors (Lipinski definition) is 2. The van der Waals surface area contributed by atoms with E-state index in [1.54, 1.807) is 11.9 Å². The number of rotatable bonds is 8. The number of nitrogens with zero attached hydrogens (tertiary/aromatic N) is 4. The molecule has 188 valence electrons. The van der Waals surface area contributed by atoms with Crippen LogP contribution in [0.2, 0.25) is 0 Å². The highest BCUT2D eigenvalue weighted by molar-refractivity contribution is 8.00. The first-order valence-corrected chi connectivity index (χ1v) is 11.5. The van der Waals surface area contributed by atoms with Crippen molar-refractivity contribution in [3.8, 4) is 11.3 Å². The molecular weight excluding hydrogens is 477 g/mol. The number of methoxy groups -OCH3 is 1. The van der Waals surface area contributed by atoms with Crippen LogP contribution in [0, 0.1) is 17.5 Å². The fraction of sp³-hybridized carbons (Fsp3) is 0.571. The zero-order valence-electron chi connectivity index (χ0n) is 19.1. The minimum Gasteiger partial charge on any atom is -0.394 e. The second-order valence-electron chi connectivity index (χ2n) is 8.15. The standard InChI is InChI=1S/C21H27F3N4O5S/c1-10(2)27(3)16(30)9-34-21-20(32-4)18(19(31)15(8-29)33-21)28-7-14(25-26-28)11-5-12(22)17(24)13(23)6-11/h5-7,10,15,18-21,29,31H,8-9H2,1-4H3/t15-,18+,19+,20-,21+/m1/s1. The Morgan fingerprint density at radius 3 is 2.53 bits per heavy atom. The Bertz CT molecular complexity index is 988. The Morgan fingerprint density at radius 1 is 1.32 bits per heavy atom. The van der Waals surface area contributed by atoms with E-state index in [0.29, 0.717) is 0 Å². The van der Waals surface area contributed by atoms with Crippen molar-refractivity contribution in [3.63, 3.8) is 0 Å². The average Bonchev–Trinajstić information content (AvgIpc) is 3.29. The number of ether oxygens (including phenoxy) is 2. The lowest BCUT2D eigenvalue weighted by Crippen LogP contribution is -2.55. The van der Waals surface area contributed by atoms with Gasteiger partial charge in [-0.1, -0.05) is 5.21 Å². The van der Waals surface area contributed by atoms with Crippen LogP contribution in [0.4, 0.5) is 13.2 Å². The van der Waals surface area contributed by atoms with Gasteiger partial charge in [0, 0.05) is 25.8 Å². The lowest BCUT2D eigenvalue weighted by molar-refractivity contribution is -0.186. The quantitative estimate of drug-likeness (QED) is 0.522. The number of aliphatic hydroxyl groups is 2. The number of amides is 1. The highest BCUT2D eigenvalue weighted by Crippen LogP contribution is 2.37. The van der Waals surface area contributed by atoms with Gasteiger partial charge in [-0.15, -0.1) is 16.9 Å². The van der Waals surface area contributed by atoms with Crippen molar-refractivity contribution in [1.29, 1.82) is 0 Å². The molecule has 13 heteroatoms. The molecule has 0 saturated carbocycles. The van der Waals surface area contributed by atoms with Crippen LogP contribution in [0.15, 0.2) is 18.3 Å². The average molecular weight is 505 g/mol. The van der Waals surface area contributed by atoms with Crippen molar-refractivity contribution in [2.75, 3.05) is 26.5 Å². The molecular formula is C21H27F3N4O5S. The summed E-state index contributed by atoms with van der Waals surface area (Å²) in [7, 11) is 3.08. The minimum atomic E-state index is -1.60. The van der Waals surface area contributed by atoms with Crippen LogP contribution in [-0.4, -0.2) is 92.3 Å². The minimum absolute atomic E-state index is 0.00746. The van der Waals surface area contributed by atoms with E-state index in [0.717, 1.165) is 23.9 Å². The van der Waals surface area contributed by atoms with E-state index in [1.165, 1.54) is 18.0 Å². The summed E-state index contributed by atoms with van der Waals surface area (Å²) in [4.78, 5) is 14.0. The van der Waals surface area contributed by atoms with Gasteiger partial charge in [-0.3, -0.25) is 4.79 Å². The van der Waals surface area contributed by atoms with Crippen molar-refractivity contribution >= 4 is 17.7 Å². The molecule has 34 heavy (non-hydrogen) atoms. The van der Waals surface area contributed by atoms with E-state index in [9.17, 15) is 28.2 Å². The van der Waals surface area contributed by atoms with Gasteiger partial charge in [-0.25, -0.2) is 17.9 Å². The third-order valence-electron chi connectivity index (χ3n) is 5.73. The predicted molar refractivity (Wildman–Crippen MR) is 117 cm³/mol.